The van der Waals surface area contributed by atoms with Crippen molar-refractivity contribution in [3.05, 3.63) is 6.33 Å². The van der Waals surface area contributed by atoms with Crippen LogP contribution < -0.4 is 10.7 Å². The van der Waals surface area contributed by atoms with E-state index in [0.29, 0.717) is 13.3 Å². The zero-order chi connectivity index (χ0) is 31.8. The Morgan fingerprint density at radius 1 is 0.733 bits per heavy atom. The van der Waals surface area contributed by atoms with Crippen LogP contribution in [0.5, 0.6) is 0 Å². The molecule has 9 heterocycles. The highest BCUT2D eigenvalue weighted by molar-refractivity contribution is 8.12. The largest absolute Gasteiger partial charge is 0.482 e. The first-order valence-electron chi connectivity index (χ1n) is 14.8. The molecule has 8 aliphatic heterocycles. The van der Waals surface area contributed by atoms with Crippen molar-refractivity contribution in [1.82, 2.24) is 31.4 Å². The van der Waals surface area contributed by atoms with E-state index in [1.807, 2.05) is 24.2 Å². The van der Waals surface area contributed by atoms with Gasteiger partial charge in [-0.15, -0.1) is 22.0 Å². The van der Waals surface area contributed by atoms with Gasteiger partial charge in [0.2, 0.25) is 0 Å². The van der Waals surface area contributed by atoms with E-state index in [4.69, 9.17) is 4.74 Å². The fourth-order valence-electron chi connectivity index (χ4n) is 2.64. The molecular formula is C26H47N15O2S2. The standard InChI is InChI=1S/C4H7N.3C3H6N2.2C3H5NO.2C3H5NS.CH2N4/c1-2-4-5-3-1;1-2-5-3-4-1;2*1-2-4-5-3-1;3*1-2-5-3-4-1;2*1-2-4-5-3-1/h3H,1-2,4H2;3H,1-2H2,(H,4,5);1-3H2;2,5H,1,3H2;3H,1-2H2;1H,2-3H2;3H,1-2H2;2H,1,3H2;1H,(H,2,3,4,5). The lowest BCUT2D eigenvalue weighted by atomic mass is 10.4. The number of tetrazole rings is 1. The third-order valence-corrected chi connectivity index (χ3v) is 6.15. The molecule has 9 rings (SSSR count). The summed E-state index contributed by atoms with van der Waals surface area (Å²) in [4.78, 5) is 19.2. The lowest BCUT2D eigenvalue weighted by molar-refractivity contribution is 0.203. The molecule has 0 spiro atoms. The van der Waals surface area contributed by atoms with Crippen LogP contribution in [0.1, 0.15) is 32.1 Å². The number of hydrogen-bond acceptors (Lipinski definition) is 18. The highest BCUT2D eigenvalue weighted by Gasteiger charge is 1.89. The van der Waals surface area contributed by atoms with Crippen LogP contribution in [-0.2, 0) is 9.47 Å². The number of hydrazone groups is 1. The average molecular weight is 666 g/mol. The molecule has 0 atom stereocenters. The van der Waals surface area contributed by atoms with Crippen LogP contribution in [-0.4, -0.2) is 148 Å². The number of ether oxygens (including phenoxy) is 2. The maximum absolute atomic E-state index is 4.72. The minimum atomic E-state index is 0.569. The van der Waals surface area contributed by atoms with Gasteiger partial charge in [0.05, 0.1) is 44.7 Å². The van der Waals surface area contributed by atoms with Gasteiger partial charge >= 0.3 is 0 Å². The molecule has 0 fully saturated rings. The van der Waals surface area contributed by atoms with Crippen LogP contribution in [0, 0.1) is 0 Å². The topological polar surface area (TPSA) is 208 Å². The molecular weight excluding hydrogens is 619 g/mol. The molecule has 8 aliphatic rings. The van der Waals surface area contributed by atoms with Gasteiger partial charge in [0.1, 0.15) is 13.3 Å². The summed E-state index contributed by atoms with van der Waals surface area (Å²) in [6.07, 6.45) is 18.1. The van der Waals surface area contributed by atoms with Gasteiger partial charge in [-0.3, -0.25) is 25.0 Å². The molecule has 0 bridgehead atoms. The first-order valence-corrected chi connectivity index (χ1v) is 16.8. The Labute approximate surface area is 274 Å². The second-order valence-corrected chi connectivity index (χ2v) is 10.2. The van der Waals surface area contributed by atoms with Gasteiger partial charge in [0.15, 0.2) is 12.7 Å². The number of aromatic nitrogens is 4. The van der Waals surface area contributed by atoms with E-state index in [-0.39, 0.29) is 0 Å². The van der Waals surface area contributed by atoms with Crippen LogP contribution in [0.15, 0.2) is 51.0 Å². The van der Waals surface area contributed by atoms with Crippen LogP contribution >= 0.6 is 23.7 Å². The third kappa shape index (κ3) is 34.8. The van der Waals surface area contributed by atoms with Crippen molar-refractivity contribution in [2.24, 2.45) is 44.7 Å². The number of rotatable bonds is 0. The molecule has 0 amide bonds. The number of H-pyrrole nitrogens is 1. The Balaban J connectivity index is 0.000000253. The number of aromatic amines is 1. The minimum absolute atomic E-state index is 0.569. The molecule has 0 aromatic carbocycles. The maximum atomic E-state index is 4.72. The zero-order valence-corrected chi connectivity index (χ0v) is 27.5. The summed E-state index contributed by atoms with van der Waals surface area (Å²) in [6, 6.07) is 0. The number of thioether (sulfide) groups is 1. The van der Waals surface area contributed by atoms with Gasteiger partial charge in [-0.05, 0) is 43.8 Å². The molecule has 0 radical (unpaired) electrons. The van der Waals surface area contributed by atoms with Crippen molar-refractivity contribution in [3.63, 3.8) is 0 Å². The second-order valence-electron chi connectivity index (χ2n) is 8.41. The van der Waals surface area contributed by atoms with Crippen molar-refractivity contribution in [2.75, 3.05) is 83.8 Å². The lowest BCUT2D eigenvalue weighted by Crippen LogP contribution is -2.04. The quantitative estimate of drug-likeness (QED) is 0.347. The Hall–Kier alpha value is -3.58. The molecule has 45 heavy (non-hydrogen) atoms. The molecule has 3 N–H and O–H groups in total. The monoisotopic (exact) mass is 665 g/mol. The number of azo groups is 1. The molecule has 0 aliphatic carbocycles. The Kier molecular flexibility index (Phi) is 32.1. The van der Waals surface area contributed by atoms with E-state index in [2.05, 4.69) is 80.8 Å². The van der Waals surface area contributed by atoms with E-state index in [1.54, 1.807) is 36.3 Å². The lowest BCUT2D eigenvalue weighted by Gasteiger charge is -1.76. The summed E-state index contributed by atoms with van der Waals surface area (Å²) in [7, 11) is 0. The molecule has 1 aromatic heterocycles. The van der Waals surface area contributed by atoms with Crippen molar-refractivity contribution in [3.8, 4) is 0 Å². The Morgan fingerprint density at radius 3 is 1.89 bits per heavy atom. The van der Waals surface area contributed by atoms with Crippen molar-refractivity contribution < 1.29 is 9.47 Å². The summed E-state index contributed by atoms with van der Waals surface area (Å²) in [5.41, 5.74) is 4.69. The fraction of sp³-hybridized carbons (Fsp3) is 0.692. The predicted molar refractivity (Wildman–Crippen MR) is 188 cm³/mol. The molecule has 19 heteroatoms. The maximum Gasteiger partial charge on any atom is 0.169 e. The van der Waals surface area contributed by atoms with Gasteiger partial charge in [0.25, 0.3) is 0 Å². The van der Waals surface area contributed by atoms with Gasteiger partial charge < -0.3 is 20.2 Å². The third-order valence-electron chi connectivity index (χ3n) is 4.72. The first-order chi connectivity index (χ1) is 22.5. The molecule has 250 valence electrons. The van der Waals surface area contributed by atoms with E-state index in [0.717, 1.165) is 65.4 Å². The van der Waals surface area contributed by atoms with Crippen molar-refractivity contribution in [2.45, 2.75) is 32.1 Å². The van der Waals surface area contributed by atoms with Gasteiger partial charge in [-0.1, -0.05) is 5.21 Å². The Morgan fingerprint density at radius 2 is 1.69 bits per heavy atom. The van der Waals surface area contributed by atoms with Crippen LogP contribution in [0.2, 0.25) is 0 Å². The molecule has 1 aromatic rings. The Bertz CT molecular complexity index is 716. The minimum Gasteiger partial charge on any atom is -0.482 e. The number of hydrogen-bond donors (Lipinski definition) is 3. The summed E-state index contributed by atoms with van der Waals surface area (Å²) >= 11 is 3.43. The summed E-state index contributed by atoms with van der Waals surface area (Å²) in [5.74, 6) is 2.39. The van der Waals surface area contributed by atoms with Crippen LogP contribution in [0.25, 0.3) is 0 Å². The van der Waals surface area contributed by atoms with E-state index < -0.39 is 0 Å². The zero-order valence-electron chi connectivity index (χ0n) is 25.8. The van der Waals surface area contributed by atoms with E-state index >= 15 is 0 Å². The molecule has 17 nitrogen and oxygen atoms in total. The first kappa shape index (κ1) is 39.4. The van der Waals surface area contributed by atoms with Crippen LogP contribution in [0.3, 0.4) is 0 Å². The van der Waals surface area contributed by atoms with Gasteiger partial charge in [-0.25, -0.2) is 4.40 Å². The van der Waals surface area contributed by atoms with Crippen molar-refractivity contribution >= 4 is 66.9 Å². The molecule has 0 saturated heterocycles. The van der Waals surface area contributed by atoms with Gasteiger partial charge in [-0.2, -0.15) is 20.5 Å². The number of nitrogens with one attached hydrogen (secondary N) is 3. The number of nitrogens with zero attached hydrogens (tertiary/aromatic N) is 12. The van der Waals surface area contributed by atoms with Crippen LogP contribution in [0.4, 0.5) is 0 Å². The van der Waals surface area contributed by atoms with E-state index in [1.165, 1.54) is 49.9 Å². The summed E-state index contributed by atoms with van der Waals surface area (Å²) in [5, 5.41) is 26.2. The van der Waals surface area contributed by atoms with Crippen molar-refractivity contribution in [1.29, 1.82) is 0 Å². The predicted octanol–water partition coefficient (Wildman–Crippen LogP) is 2.44. The normalized spacial score (nSPS) is 18.8. The number of aliphatic imine (C=N–C) groups is 5. The highest BCUT2D eigenvalue weighted by Crippen LogP contribution is 2.07. The second kappa shape index (κ2) is 36.6. The average Bonchev–Trinajstić information content (AvgIpc) is 4.02. The van der Waals surface area contributed by atoms with E-state index in [9.17, 15) is 0 Å². The SMILES string of the molecule is C1=NCCC1.C1=NCCN1.C1=NCCO1.C1=NCCS1.C1=NCOC1.C1=NNCC1.C1=NSCC1.C1CN=NC1.c1nn[nH]n1. The van der Waals surface area contributed by atoms with Gasteiger partial charge in [0, 0.05) is 62.7 Å². The highest BCUT2D eigenvalue weighted by atomic mass is 32.2. The molecule has 0 unspecified atom stereocenters. The fourth-order valence-corrected chi connectivity index (χ4v) is 3.69. The smallest absolute Gasteiger partial charge is 0.169 e. The summed E-state index contributed by atoms with van der Waals surface area (Å²) < 4.78 is 13.2. The summed E-state index contributed by atoms with van der Waals surface area (Å²) in [6.45, 7) is 9.94. The molecule has 0 saturated carbocycles.